The number of halogens is 1. The Labute approximate surface area is 250 Å². The highest BCUT2D eigenvalue weighted by Gasteiger charge is 2.25. The van der Waals surface area contributed by atoms with Crippen LogP contribution >= 0.6 is 0 Å². The van der Waals surface area contributed by atoms with Gasteiger partial charge in [0.25, 0.3) is 0 Å². The topological polar surface area (TPSA) is 0 Å². The lowest BCUT2D eigenvalue weighted by atomic mass is 10.0. The molecule has 0 amide bonds. The van der Waals surface area contributed by atoms with Crippen LogP contribution in [0.2, 0.25) is 0 Å². The van der Waals surface area contributed by atoms with Crippen LogP contribution < -0.4 is 12.4 Å². The summed E-state index contributed by atoms with van der Waals surface area (Å²) in [5.74, 6) is 0. The number of nitrogens with zero attached hydrogens (tertiary/aromatic N) is 1. The monoisotopic (exact) mass is 558 g/mol. The second kappa shape index (κ2) is 33.5. The molecule has 0 unspecified atom stereocenters. The van der Waals surface area contributed by atoms with Gasteiger partial charge in [-0.15, -0.1) is 0 Å². The number of rotatable bonds is 32. The van der Waals surface area contributed by atoms with Gasteiger partial charge in [-0.3, -0.25) is 0 Å². The van der Waals surface area contributed by atoms with Gasteiger partial charge < -0.3 is 16.9 Å². The van der Waals surface area contributed by atoms with Gasteiger partial charge in [0.1, 0.15) is 0 Å². The maximum Gasteiger partial charge on any atom is 0.0786 e. The molecular weight excluding hydrogens is 482 g/mol. The molecule has 0 saturated heterocycles. The molecular formula is C36H76ClN. The zero-order valence-electron chi connectivity index (χ0n) is 27.5. The van der Waals surface area contributed by atoms with Crippen molar-refractivity contribution in [1.82, 2.24) is 0 Å². The standard InChI is InChI=1S/C36H76N.ClH/c1-5-9-13-17-21-25-29-33-37(34-30-26-22-18-14-10-6-2,35-31-27-23-19-15-11-7-3)36-32-28-24-20-16-12-8-4;/h5-36H2,1-4H3;1H/q+1;/p-1. The minimum Gasteiger partial charge on any atom is -1.00 e. The Morgan fingerprint density at radius 2 is 0.395 bits per heavy atom. The van der Waals surface area contributed by atoms with Crippen molar-refractivity contribution in [2.24, 2.45) is 0 Å². The molecule has 0 aromatic rings. The van der Waals surface area contributed by atoms with Gasteiger partial charge in [0, 0.05) is 0 Å². The van der Waals surface area contributed by atoms with Crippen LogP contribution in [0.25, 0.3) is 0 Å². The van der Waals surface area contributed by atoms with Crippen molar-refractivity contribution in [2.45, 2.75) is 207 Å². The van der Waals surface area contributed by atoms with Crippen LogP contribution in [0.15, 0.2) is 0 Å². The summed E-state index contributed by atoms with van der Waals surface area (Å²) in [7, 11) is 0. The van der Waals surface area contributed by atoms with Gasteiger partial charge >= 0.3 is 0 Å². The molecule has 0 bridgehead atoms. The summed E-state index contributed by atoms with van der Waals surface area (Å²) >= 11 is 0. The number of hydrogen-bond acceptors (Lipinski definition) is 0. The van der Waals surface area contributed by atoms with Crippen LogP contribution in [0.4, 0.5) is 0 Å². The molecule has 0 rings (SSSR count). The van der Waals surface area contributed by atoms with E-state index in [1.165, 1.54) is 210 Å². The summed E-state index contributed by atoms with van der Waals surface area (Å²) in [5.41, 5.74) is 0. The van der Waals surface area contributed by atoms with Crippen molar-refractivity contribution in [3.63, 3.8) is 0 Å². The second-order valence-electron chi connectivity index (χ2n) is 12.7. The van der Waals surface area contributed by atoms with Crippen LogP contribution in [-0.4, -0.2) is 30.7 Å². The summed E-state index contributed by atoms with van der Waals surface area (Å²) in [6.45, 7) is 15.3. The molecule has 0 atom stereocenters. The number of hydrogen-bond donors (Lipinski definition) is 0. The Balaban J connectivity index is 0. The fraction of sp³-hybridized carbons (Fsp3) is 1.00. The molecule has 0 aliphatic rings. The summed E-state index contributed by atoms with van der Waals surface area (Å²) < 4.78 is 1.48. The van der Waals surface area contributed by atoms with Crippen LogP contribution in [-0.2, 0) is 0 Å². The molecule has 0 heterocycles. The first kappa shape index (κ1) is 40.4. The van der Waals surface area contributed by atoms with Crippen molar-refractivity contribution < 1.29 is 16.9 Å². The zero-order chi connectivity index (χ0) is 27.1. The van der Waals surface area contributed by atoms with Gasteiger partial charge in [-0.25, -0.2) is 0 Å². The van der Waals surface area contributed by atoms with Gasteiger partial charge in [0.05, 0.1) is 26.2 Å². The van der Waals surface area contributed by atoms with E-state index in [-0.39, 0.29) is 12.4 Å². The molecule has 1 nitrogen and oxygen atoms in total. The predicted molar refractivity (Wildman–Crippen MR) is 172 cm³/mol. The van der Waals surface area contributed by atoms with E-state index in [0.717, 1.165) is 0 Å². The first-order valence-electron chi connectivity index (χ1n) is 18.1. The lowest BCUT2D eigenvalue weighted by Gasteiger charge is -2.40. The van der Waals surface area contributed by atoms with Crippen LogP contribution in [0.5, 0.6) is 0 Å². The van der Waals surface area contributed by atoms with Crippen LogP contribution in [0.1, 0.15) is 207 Å². The smallest absolute Gasteiger partial charge is 0.0786 e. The Morgan fingerprint density at radius 3 is 0.579 bits per heavy atom. The van der Waals surface area contributed by atoms with Gasteiger partial charge in [-0.2, -0.15) is 0 Å². The molecule has 2 heteroatoms. The van der Waals surface area contributed by atoms with Crippen molar-refractivity contribution in [2.75, 3.05) is 26.2 Å². The summed E-state index contributed by atoms with van der Waals surface area (Å²) in [5, 5.41) is 0. The summed E-state index contributed by atoms with van der Waals surface area (Å²) in [6.07, 6.45) is 40.7. The zero-order valence-corrected chi connectivity index (χ0v) is 28.2. The second-order valence-corrected chi connectivity index (χ2v) is 12.7. The SMILES string of the molecule is CCCCCCCCC[N+](CCCCCCCCC)(CCCCCCCCC)CCCCCCCCC.[Cl-]. The largest absolute Gasteiger partial charge is 1.00 e. The van der Waals surface area contributed by atoms with E-state index in [1.807, 2.05) is 0 Å². The summed E-state index contributed by atoms with van der Waals surface area (Å²) in [6, 6.07) is 0. The molecule has 232 valence electrons. The normalized spacial score (nSPS) is 11.7. The van der Waals surface area contributed by atoms with Crippen molar-refractivity contribution >= 4 is 0 Å². The fourth-order valence-electron chi connectivity index (χ4n) is 6.29. The molecule has 0 spiro atoms. The highest BCUT2D eigenvalue weighted by Crippen LogP contribution is 2.21. The quantitative estimate of drug-likeness (QED) is 0.0570. The minimum absolute atomic E-state index is 0. The fourth-order valence-corrected chi connectivity index (χ4v) is 6.29. The Hall–Kier alpha value is 0.250. The first-order valence-corrected chi connectivity index (χ1v) is 18.1. The van der Waals surface area contributed by atoms with Gasteiger partial charge in [-0.05, 0) is 51.4 Å². The van der Waals surface area contributed by atoms with Gasteiger partial charge in [0.2, 0.25) is 0 Å². The summed E-state index contributed by atoms with van der Waals surface area (Å²) in [4.78, 5) is 0. The van der Waals surface area contributed by atoms with E-state index < -0.39 is 0 Å². The van der Waals surface area contributed by atoms with Crippen LogP contribution in [0.3, 0.4) is 0 Å². The Morgan fingerprint density at radius 1 is 0.237 bits per heavy atom. The van der Waals surface area contributed by atoms with E-state index in [4.69, 9.17) is 0 Å². The highest BCUT2D eigenvalue weighted by molar-refractivity contribution is 4.55. The van der Waals surface area contributed by atoms with Gasteiger partial charge in [-0.1, -0.05) is 156 Å². The molecule has 0 aliphatic heterocycles. The molecule has 0 saturated carbocycles. The molecule has 0 aromatic heterocycles. The van der Waals surface area contributed by atoms with E-state index >= 15 is 0 Å². The van der Waals surface area contributed by atoms with E-state index in [2.05, 4.69) is 27.7 Å². The lowest BCUT2D eigenvalue weighted by molar-refractivity contribution is -0.929. The van der Waals surface area contributed by atoms with E-state index in [1.54, 1.807) is 0 Å². The number of quaternary nitrogens is 1. The highest BCUT2D eigenvalue weighted by atomic mass is 35.5. The van der Waals surface area contributed by atoms with Crippen molar-refractivity contribution in [1.29, 1.82) is 0 Å². The minimum atomic E-state index is 0. The third-order valence-electron chi connectivity index (χ3n) is 8.94. The first-order chi connectivity index (χ1) is 18.2. The predicted octanol–water partition coefficient (Wildman–Crippen LogP) is 9.81. The van der Waals surface area contributed by atoms with Crippen molar-refractivity contribution in [3.05, 3.63) is 0 Å². The molecule has 0 aliphatic carbocycles. The Bertz CT molecular complexity index is 333. The molecule has 0 fully saturated rings. The third-order valence-corrected chi connectivity index (χ3v) is 8.94. The molecule has 0 aromatic carbocycles. The molecule has 0 N–H and O–H groups in total. The maximum atomic E-state index is 2.34. The van der Waals surface area contributed by atoms with E-state index in [9.17, 15) is 0 Å². The Kier molecular flexibility index (Phi) is 35.6. The van der Waals surface area contributed by atoms with Crippen LogP contribution in [0, 0.1) is 0 Å². The van der Waals surface area contributed by atoms with Gasteiger partial charge in [0.15, 0.2) is 0 Å². The van der Waals surface area contributed by atoms with E-state index in [0.29, 0.717) is 0 Å². The lowest BCUT2D eigenvalue weighted by Crippen LogP contribution is -3.00. The van der Waals surface area contributed by atoms with Crippen molar-refractivity contribution in [3.8, 4) is 0 Å². The maximum absolute atomic E-state index is 2.34. The number of unbranched alkanes of at least 4 members (excludes halogenated alkanes) is 24. The average molecular weight is 558 g/mol. The molecule has 0 radical (unpaired) electrons. The molecule has 38 heavy (non-hydrogen) atoms. The third kappa shape index (κ3) is 27.8. The average Bonchev–Trinajstić information content (AvgIpc) is 2.91.